The van der Waals surface area contributed by atoms with E-state index in [0.717, 1.165) is 12.8 Å². The van der Waals surface area contributed by atoms with E-state index in [1.165, 1.54) is 51.4 Å². The molecule has 0 saturated heterocycles. The normalized spacial score (nSPS) is 14.8. The molecule has 0 amide bonds. The van der Waals surface area contributed by atoms with Gasteiger partial charge in [-0.05, 0) is 47.6 Å². The van der Waals surface area contributed by atoms with Gasteiger partial charge in [-0.25, -0.2) is 4.79 Å². The summed E-state index contributed by atoms with van der Waals surface area (Å²) >= 11 is 0. The van der Waals surface area contributed by atoms with Crippen LogP contribution < -0.4 is 0 Å². The maximum Gasteiger partial charge on any atom is 0.338 e. The predicted octanol–water partition coefficient (Wildman–Crippen LogP) is 9.18. The summed E-state index contributed by atoms with van der Waals surface area (Å²) < 4.78 is 5.58. The number of unbranched alkanes of at least 4 members (excludes halogenated alkanes) is 8. The lowest BCUT2D eigenvalue weighted by Crippen LogP contribution is -2.43. The Balaban J connectivity index is 2.81. The van der Waals surface area contributed by atoms with Crippen molar-refractivity contribution < 1.29 is 19.4 Å². The van der Waals surface area contributed by atoms with Crippen LogP contribution in [0.2, 0.25) is 0 Å². The van der Waals surface area contributed by atoms with Crippen LogP contribution in [0.5, 0.6) is 0 Å². The molecule has 0 aromatic heterocycles. The lowest BCUT2D eigenvalue weighted by atomic mass is 9.60. The smallest absolute Gasteiger partial charge is 0.338 e. The first-order valence-corrected chi connectivity index (χ1v) is 14.3. The van der Waals surface area contributed by atoms with E-state index in [2.05, 4.69) is 48.5 Å². The number of carboxylic acids is 1. The third kappa shape index (κ3) is 11.9. The van der Waals surface area contributed by atoms with Gasteiger partial charge in [0.2, 0.25) is 0 Å². The van der Waals surface area contributed by atoms with Gasteiger partial charge >= 0.3 is 11.9 Å². The summed E-state index contributed by atoms with van der Waals surface area (Å²) in [6.45, 7) is 15.4. The zero-order chi connectivity index (χ0) is 27.2. The summed E-state index contributed by atoms with van der Waals surface area (Å²) in [5.74, 6) is -1.58. The fraction of sp³-hybridized carbons (Fsp3) is 0.750. The number of esters is 1. The van der Waals surface area contributed by atoms with Crippen molar-refractivity contribution in [3.63, 3.8) is 0 Å². The molecule has 0 saturated carbocycles. The molecule has 0 aliphatic rings. The topological polar surface area (TPSA) is 63.6 Å². The highest BCUT2D eigenvalue weighted by atomic mass is 16.5. The average Bonchev–Trinajstić information content (AvgIpc) is 2.79. The van der Waals surface area contributed by atoms with Crippen LogP contribution in [0, 0.1) is 28.6 Å². The van der Waals surface area contributed by atoms with Crippen molar-refractivity contribution in [3.05, 3.63) is 35.9 Å². The number of rotatable bonds is 17. The van der Waals surface area contributed by atoms with Gasteiger partial charge < -0.3 is 9.84 Å². The largest absolute Gasteiger partial charge is 0.481 e. The molecule has 206 valence electrons. The molecule has 0 heterocycles. The fourth-order valence-corrected chi connectivity index (χ4v) is 5.54. The van der Waals surface area contributed by atoms with Crippen molar-refractivity contribution in [1.82, 2.24) is 0 Å². The molecule has 36 heavy (non-hydrogen) atoms. The van der Waals surface area contributed by atoms with E-state index in [1.807, 2.05) is 18.2 Å². The van der Waals surface area contributed by atoms with Gasteiger partial charge in [0.1, 0.15) is 0 Å². The van der Waals surface area contributed by atoms with Crippen molar-refractivity contribution in [2.24, 2.45) is 28.6 Å². The lowest BCUT2D eigenvalue weighted by Gasteiger charge is -2.43. The summed E-state index contributed by atoms with van der Waals surface area (Å²) in [6.07, 6.45) is 12.8. The SMILES string of the molecule is CCCCCCCCCCCC(C(C(=O)O)C(CCOC(=O)c1ccccc1)C(C)(C)C)C(C)(C)C. The van der Waals surface area contributed by atoms with E-state index in [9.17, 15) is 14.7 Å². The molecular weight excluding hydrogens is 448 g/mol. The van der Waals surface area contributed by atoms with Gasteiger partial charge in [0.05, 0.1) is 18.1 Å². The van der Waals surface area contributed by atoms with Gasteiger partial charge in [-0.2, -0.15) is 0 Å². The second-order valence-electron chi connectivity index (χ2n) is 12.7. The minimum atomic E-state index is -0.722. The number of hydrogen-bond donors (Lipinski definition) is 1. The molecule has 1 rings (SSSR count). The molecule has 4 heteroatoms. The zero-order valence-corrected chi connectivity index (χ0v) is 24.3. The van der Waals surface area contributed by atoms with Crippen LogP contribution >= 0.6 is 0 Å². The third-order valence-corrected chi connectivity index (χ3v) is 7.67. The molecule has 1 N–H and O–H groups in total. The summed E-state index contributed by atoms with van der Waals surface area (Å²) in [5, 5.41) is 10.5. The van der Waals surface area contributed by atoms with Crippen molar-refractivity contribution in [2.75, 3.05) is 6.61 Å². The lowest BCUT2D eigenvalue weighted by molar-refractivity contribution is -0.151. The van der Waals surface area contributed by atoms with Crippen LogP contribution in [0.3, 0.4) is 0 Å². The van der Waals surface area contributed by atoms with Gasteiger partial charge in [-0.1, -0.05) is 124 Å². The van der Waals surface area contributed by atoms with Crippen molar-refractivity contribution in [3.8, 4) is 0 Å². The fourth-order valence-electron chi connectivity index (χ4n) is 5.54. The molecule has 1 aromatic carbocycles. The van der Waals surface area contributed by atoms with Gasteiger partial charge in [0, 0.05) is 0 Å². The van der Waals surface area contributed by atoms with Gasteiger partial charge in [0.25, 0.3) is 0 Å². The second kappa shape index (κ2) is 16.1. The summed E-state index contributed by atoms with van der Waals surface area (Å²) in [7, 11) is 0. The molecule has 0 aliphatic carbocycles. The van der Waals surface area contributed by atoms with Gasteiger partial charge in [-0.15, -0.1) is 0 Å². The van der Waals surface area contributed by atoms with Crippen molar-refractivity contribution in [2.45, 2.75) is 119 Å². The van der Waals surface area contributed by atoms with E-state index in [0.29, 0.717) is 12.0 Å². The number of hydrogen-bond acceptors (Lipinski definition) is 3. The van der Waals surface area contributed by atoms with Gasteiger partial charge in [-0.3, -0.25) is 4.79 Å². The molecule has 1 aromatic rings. The molecule has 3 atom stereocenters. The molecule has 4 nitrogen and oxygen atoms in total. The van der Waals surface area contributed by atoms with E-state index in [4.69, 9.17) is 4.74 Å². The Hall–Kier alpha value is -1.84. The molecule has 0 aliphatic heterocycles. The maximum atomic E-state index is 12.7. The van der Waals surface area contributed by atoms with Crippen LogP contribution in [-0.2, 0) is 9.53 Å². The van der Waals surface area contributed by atoms with E-state index < -0.39 is 11.9 Å². The van der Waals surface area contributed by atoms with E-state index in [1.54, 1.807) is 12.1 Å². The van der Waals surface area contributed by atoms with Gasteiger partial charge in [0.15, 0.2) is 0 Å². The van der Waals surface area contributed by atoms with Crippen LogP contribution in [-0.4, -0.2) is 23.7 Å². The maximum absolute atomic E-state index is 12.7. The molecular formula is C32H54O4. The highest BCUT2D eigenvalue weighted by Gasteiger charge is 2.44. The highest BCUT2D eigenvalue weighted by Crippen LogP contribution is 2.46. The Bertz CT molecular complexity index is 742. The minimum absolute atomic E-state index is 0.0635. The Morgan fingerprint density at radius 1 is 0.750 bits per heavy atom. The monoisotopic (exact) mass is 502 g/mol. The Morgan fingerprint density at radius 2 is 1.22 bits per heavy atom. The first-order chi connectivity index (χ1) is 16.9. The zero-order valence-electron chi connectivity index (χ0n) is 24.3. The number of benzene rings is 1. The first-order valence-electron chi connectivity index (χ1n) is 14.3. The predicted molar refractivity (Wildman–Crippen MR) is 150 cm³/mol. The third-order valence-electron chi connectivity index (χ3n) is 7.67. The van der Waals surface area contributed by atoms with Crippen LogP contribution in [0.1, 0.15) is 129 Å². The summed E-state index contributed by atoms with van der Waals surface area (Å²) in [5.41, 5.74) is 0.190. The first kappa shape index (κ1) is 32.2. The van der Waals surface area contributed by atoms with E-state index >= 15 is 0 Å². The van der Waals surface area contributed by atoms with Crippen molar-refractivity contribution in [1.29, 1.82) is 0 Å². The summed E-state index contributed by atoms with van der Waals surface area (Å²) in [6, 6.07) is 8.98. The quantitative estimate of drug-likeness (QED) is 0.170. The van der Waals surface area contributed by atoms with Crippen LogP contribution in [0.4, 0.5) is 0 Å². The molecule has 0 bridgehead atoms. The highest BCUT2D eigenvalue weighted by molar-refractivity contribution is 5.89. The van der Waals surface area contributed by atoms with Crippen LogP contribution in [0.15, 0.2) is 30.3 Å². The number of carbonyl (C=O) groups excluding carboxylic acids is 1. The Labute approximate surface area is 221 Å². The molecule has 3 unspecified atom stereocenters. The number of carbonyl (C=O) groups is 2. The standard InChI is InChI=1S/C32H54O4/c1-8-9-10-11-12-13-14-15-19-22-26(31(2,3)4)28(29(33)34)27(32(5,6)7)23-24-36-30(35)25-20-17-16-18-21-25/h16-18,20-21,26-28H,8-15,19,22-24H2,1-7H3,(H,33,34). The van der Waals surface area contributed by atoms with Crippen LogP contribution in [0.25, 0.3) is 0 Å². The van der Waals surface area contributed by atoms with E-state index in [-0.39, 0.29) is 35.2 Å². The number of carboxylic acid groups (broad SMARTS) is 1. The molecule has 0 fully saturated rings. The number of aliphatic carboxylic acids is 1. The molecule has 0 spiro atoms. The van der Waals surface area contributed by atoms with Crippen molar-refractivity contribution >= 4 is 11.9 Å². The minimum Gasteiger partial charge on any atom is -0.481 e. The Kier molecular flexibility index (Phi) is 14.4. The number of ether oxygens (including phenoxy) is 1. The summed E-state index contributed by atoms with van der Waals surface area (Å²) in [4.78, 5) is 25.2. The second-order valence-corrected chi connectivity index (χ2v) is 12.7. The molecule has 0 radical (unpaired) electrons. The Morgan fingerprint density at radius 3 is 1.69 bits per heavy atom. The average molecular weight is 503 g/mol.